The van der Waals surface area contributed by atoms with Crippen LogP contribution >= 0.6 is 11.8 Å². The van der Waals surface area contributed by atoms with Crippen LogP contribution in [0.2, 0.25) is 0 Å². The minimum Gasteiger partial charge on any atom is -0.324 e. The van der Waals surface area contributed by atoms with Crippen LogP contribution in [0.3, 0.4) is 0 Å². The molecule has 1 aromatic heterocycles. The van der Waals surface area contributed by atoms with E-state index >= 15 is 0 Å². The zero-order valence-corrected chi connectivity index (χ0v) is 17.8. The smallest absolute Gasteiger partial charge is 0.324 e. The van der Waals surface area contributed by atoms with Gasteiger partial charge in [-0.05, 0) is 37.0 Å². The molecule has 1 fully saturated rings. The molecule has 1 N–H and O–H groups in total. The number of nitrogens with zero attached hydrogens (tertiary/aromatic N) is 4. The molecular weight excluding hydrogens is 386 g/mol. The number of aryl methyl sites for hydroxylation is 1. The molecule has 0 radical (unpaired) electrons. The Morgan fingerprint density at radius 3 is 2.83 bits per heavy atom. The van der Waals surface area contributed by atoms with E-state index in [9.17, 15) is 9.59 Å². The van der Waals surface area contributed by atoms with E-state index in [0.29, 0.717) is 6.54 Å². The van der Waals surface area contributed by atoms with Crippen LogP contribution in [0.1, 0.15) is 36.2 Å². The third-order valence-corrected chi connectivity index (χ3v) is 6.74. The average Bonchev–Trinajstić information content (AvgIpc) is 2.88. The molecule has 156 valence electrons. The Morgan fingerprint density at radius 1 is 1.17 bits per heavy atom. The lowest BCUT2D eigenvalue weighted by Gasteiger charge is -2.27. The van der Waals surface area contributed by atoms with Crippen molar-refractivity contribution in [1.29, 1.82) is 0 Å². The Balaban J connectivity index is 1.43. The molecule has 2 aliphatic rings. The van der Waals surface area contributed by atoms with Gasteiger partial charge in [0.1, 0.15) is 12.4 Å². The van der Waals surface area contributed by atoms with Crippen molar-refractivity contribution in [2.75, 3.05) is 29.9 Å². The largest absolute Gasteiger partial charge is 0.346 e. The van der Waals surface area contributed by atoms with E-state index in [2.05, 4.69) is 28.3 Å². The van der Waals surface area contributed by atoms with E-state index in [1.165, 1.54) is 21.8 Å². The number of fused-ring (bicyclic) bond motifs is 1. The summed E-state index contributed by atoms with van der Waals surface area (Å²) < 4.78 is 3.03. The number of hydrogen-bond donors (Lipinski definition) is 1. The molecule has 2 aromatic rings. The number of carbonyl (C=O) groups is 1. The fraction of sp³-hybridized carbons (Fsp3) is 0.571. The summed E-state index contributed by atoms with van der Waals surface area (Å²) in [6.45, 7) is 5.82. The predicted molar refractivity (Wildman–Crippen MR) is 116 cm³/mol. The molecule has 0 saturated carbocycles. The summed E-state index contributed by atoms with van der Waals surface area (Å²) in [7, 11) is 0. The van der Waals surface area contributed by atoms with Crippen molar-refractivity contribution in [3.05, 3.63) is 45.6 Å². The highest BCUT2D eigenvalue weighted by Gasteiger charge is 2.18. The number of anilines is 1. The van der Waals surface area contributed by atoms with Crippen molar-refractivity contribution in [1.82, 2.24) is 19.2 Å². The van der Waals surface area contributed by atoms with E-state index in [1.54, 1.807) is 4.57 Å². The standard InChI is InChI=1S/C21H29N5O2S/c1-16-17(14-24-10-12-29-13-11-24)6-5-7-18(16)22-20(27)15-26-21(28)25-9-4-2-3-8-19(25)23-26/h5-7H,2-4,8-15H2,1H3,(H,22,27). The van der Waals surface area contributed by atoms with Gasteiger partial charge in [0.15, 0.2) is 0 Å². The molecule has 1 amide bonds. The summed E-state index contributed by atoms with van der Waals surface area (Å²) in [6.07, 6.45) is 3.96. The first kappa shape index (κ1) is 20.2. The van der Waals surface area contributed by atoms with Gasteiger partial charge in [-0.1, -0.05) is 18.6 Å². The van der Waals surface area contributed by atoms with Gasteiger partial charge in [-0.2, -0.15) is 16.9 Å². The van der Waals surface area contributed by atoms with Crippen LogP contribution in [0.4, 0.5) is 5.69 Å². The lowest BCUT2D eigenvalue weighted by atomic mass is 10.1. The Hall–Kier alpha value is -2.06. The maximum atomic E-state index is 12.6. The van der Waals surface area contributed by atoms with Crippen LogP contribution in [0.15, 0.2) is 23.0 Å². The van der Waals surface area contributed by atoms with Crippen LogP contribution in [-0.2, 0) is 30.8 Å². The van der Waals surface area contributed by atoms with Gasteiger partial charge >= 0.3 is 5.69 Å². The number of thioether (sulfide) groups is 1. The van der Waals surface area contributed by atoms with Crippen LogP contribution in [0.5, 0.6) is 0 Å². The summed E-state index contributed by atoms with van der Waals surface area (Å²) in [5.74, 6) is 2.95. The van der Waals surface area contributed by atoms with E-state index < -0.39 is 0 Å². The van der Waals surface area contributed by atoms with Crippen LogP contribution in [0, 0.1) is 6.92 Å². The molecule has 0 unspecified atom stereocenters. The third kappa shape index (κ3) is 4.75. The Bertz CT molecular complexity index is 930. The molecule has 0 aliphatic carbocycles. The molecule has 7 nitrogen and oxygen atoms in total. The minimum atomic E-state index is -0.213. The Kier molecular flexibility index (Phi) is 6.40. The first-order valence-electron chi connectivity index (χ1n) is 10.5. The maximum absolute atomic E-state index is 12.6. The van der Waals surface area contributed by atoms with E-state index in [4.69, 9.17) is 0 Å². The molecule has 0 spiro atoms. The second kappa shape index (κ2) is 9.17. The van der Waals surface area contributed by atoms with E-state index in [-0.39, 0.29) is 18.1 Å². The summed E-state index contributed by atoms with van der Waals surface area (Å²) in [5.41, 5.74) is 2.96. The molecule has 0 atom stereocenters. The molecule has 3 heterocycles. The SMILES string of the molecule is Cc1c(CN2CCSCC2)cccc1NC(=O)Cn1nc2n(c1=O)CCCCC2. The predicted octanol–water partition coefficient (Wildman–Crippen LogP) is 2.27. The molecule has 1 aromatic carbocycles. The van der Waals surface area contributed by atoms with Gasteiger partial charge in [0.2, 0.25) is 5.91 Å². The van der Waals surface area contributed by atoms with Crippen LogP contribution < -0.4 is 11.0 Å². The Labute approximate surface area is 175 Å². The van der Waals surface area contributed by atoms with Crippen molar-refractivity contribution in [3.63, 3.8) is 0 Å². The van der Waals surface area contributed by atoms with Crippen molar-refractivity contribution in [2.24, 2.45) is 0 Å². The van der Waals surface area contributed by atoms with Gasteiger partial charge in [-0.3, -0.25) is 14.3 Å². The topological polar surface area (TPSA) is 72.2 Å². The summed E-state index contributed by atoms with van der Waals surface area (Å²) in [6, 6.07) is 6.04. The molecule has 29 heavy (non-hydrogen) atoms. The number of hydrogen-bond acceptors (Lipinski definition) is 5. The van der Waals surface area contributed by atoms with Gasteiger partial charge in [0.25, 0.3) is 0 Å². The summed E-state index contributed by atoms with van der Waals surface area (Å²) in [4.78, 5) is 27.7. The zero-order valence-electron chi connectivity index (χ0n) is 17.0. The normalized spacial score (nSPS) is 17.6. The minimum absolute atomic E-state index is 0.0498. The van der Waals surface area contributed by atoms with Crippen molar-refractivity contribution >= 4 is 23.4 Å². The van der Waals surface area contributed by atoms with Gasteiger partial charge in [0.05, 0.1) is 0 Å². The molecule has 2 aliphatic heterocycles. The number of rotatable bonds is 5. The maximum Gasteiger partial charge on any atom is 0.346 e. The number of nitrogens with one attached hydrogen (secondary N) is 1. The third-order valence-electron chi connectivity index (χ3n) is 5.79. The number of carbonyl (C=O) groups excluding carboxylic acids is 1. The van der Waals surface area contributed by atoms with Crippen molar-refractivity contribution in [2.45, 2.75) is 52.2 Å². The Morgan fingerprint density at radius 2 is 2.00 bits per heavy atom. The van der Waals surface area contributed by atoms with E-state index in [0.717, 1.165) is 62.4 Å². The number of amides is 1. The highest BCUT2D eigenvalue weighted by molar-refractivity contribution is 7.99. The second-order valence-electron chi connectivity index (χ2n) is 7.85. The molecule has 4 rings (SSSR count). The second-order valence-corrected chi connectivity index (χ2v) is 9.07. The number of benzene rings is 1. The highest BCUT2D eigenvalue weighted by atomic mass is 32.2. The zero-order chi connectivity index (χ0) is 20.2. The fourth-order valence-electron chi connectivity index (χ4n) is 4.04. The molecule has 0 bridgehead atoms. The van der Waals surface area contributed by atoms with Crippen LogP contribution in [0.25, 0.3) is 0 Å². The van der Waals surface area contributed by atoms with Gasteiger partial charge in [0, 0.05) is 49.8 Å². The van der Waals surface area contributed by atoms with Crippen molar-refractivity contribution < 1.29 is 4.79 Å². The van der Waals surface area contributed by atoms with Crippen molar-refractivity contribution in [3.8, 4) is 0 Å². The quantitative estimate of drug-likeness (QED) is 0.811. The van der Waals surface area contributed by atoms with Gasteiger partial charge < -0.3 is 5.32 Å². The molecular formula is C21H29N5O2S. The van der Waals surface area contributed by atoms with Gasteiger partial charge in [-0.15, -0.1) is 0 Å². The molecule has 8 heteroatoms. The lowest BCUT2D eigenvalue weighted by Crippen LogP contribution is -2.32. The highest BCUT2D eigenvalue weighted by Crippen LogP contribution is 2.22. The van der Waals surface area contributed by atoms with E-state index in [1.807, 2.05) is 23.9 Å². The lowest BCUT2D eigenvalue weighted by molar-refractivity contribution is -0.117. The fourth-order valence-corrected chi connectivity index (χ4v) is 5.02. The van der Waals surface area contributed by atoms with Crippen LogP contribution in [-0.4, -0.2) is 49.7 Å². The average molecular weight is 416 g/mol. The molecule has 1 saturated heterocycles. The first-order valence-corrected chi connectivity index (χ1v) is 11.6. The first-order chi connectivity index (χ1) is 14.1. The monoisotopic (exact) mass is 415 g/mol. The summed E-state index contributed by atoms with van der Waals surface area (Å²) >= 11 is 2.00. The number of aromatic nitrogens is 3. The summed E-state index contributed by atoms with van der Waals surface area (Å²) in [5, 5.41) is 7.39. The van der Waals surface area contributed by atoms with Gasteiger partial charge in [-0.25, -0.2) is 9.48 Å².